The van der Waals surface area contributed by atoms with Gasteiger partial charge >= 0.3 is 0 Å². The van der Waals surface area contributed by atoms with Gasteiger partial charge in [-0.15, -0.1) is 0 Å². The highest BCUT2D eigenvalue weighted by Crippen LogP contribution is 2.28. The van der Waals surface area contributed by atoms with E-state index in [9.17, 15) is 0 Å². The van der Waals surface area contributed by atoms with Crippen molar-refractivity contribution >= 4 is 5.95 Å². The molecule has 5 nitrogen and oxygen atoms in total. The van der Waals surface area contributed by atoms with E-state index in [0.717, 1.165) is 49.3 Å². The summed E-state index contributed by atoms with van der Waals surface area (Å²) in [5.41, 5.74) is 2.68. The maximum Gasteiger partial charge on any atom is 0.225 e. The topological polar surface area (TPSA) is 56.1 Å². The molecule has 1 aromatic carbocycles. The van der Waals surface area contributed by atoms with Gasteiger partial charge in [0.1, 0.15) is 0 Å². The molecule has 0 N–H and O–H groups in total. The molecule has 0 unspecified atom stereocenters. The molecule has 0 amide bonds. The van der Waals surface area contributed by atoms with Crippen LogP contribution in [0.2, 0.25) is 0 Å². The van der Waals surface area contributed by atoms with Crippen LogP contribution in [-0.4, -0.2) is 47.1 Å². The van der Waals surface area contributed by atoms with E-state index >= 15 is 0 Å². The monoisotopic (exact) mass is 305 g/mol. The Kier molecular flexibility index (Phi) is 3.68. The second kappa shape index (κ2) is 5.98. The van der Waals surface area contributed by atoms with Gasteiger partial charge in [0.25, 0.3) is 0 Å². The number of rotatable bonds is 3. The summed E-state index contributed by atoms with van der Waals surface area (Å²) >= 11 is 0. The maximum absolute atomic E-state index is 8.85. The van der Waals surface area contributed by atoms with Gasteiger partial charge in [-0.05, 0) is 30.5 Å². The first kappa shape index (κ1) is 14.2. The smallest absolute Gasteiger partial charge is 0.225 e. The van der Waals surface area contributed by atoms with Crippen molar-refractivity contribution in [1.82, 2.24) is 14.9 Å². The first-order valence-electron chi connectivity index (χ1n) is 8.15. The van der Waals surface area contributed by atoms with Gasteiger partial charge in [-0.25, -0.2) is 9.97 Å². The Balaban J connectivity index is 1.44. The molecule has 1 aliphatic heterocycles. The standard InChI is InChI=1S/C18H19N5/c19-11-14-1-3-15(4-2-14)16-12-20-18(21-13-16)23-9-7-22(8-10-23)17-5-6-17/h1-4,12-13,17H,5-10H2. The summed E-state index contributed by atoms with van der Waals surface area (Å²) in [6, 6.07) is 10.5. The molecule has 1 saturated carbocycles. The average Bonchev–Trinajstić information content (AvgIpc) is 3.47. The van der Waals surface area contributed by atoms with Gasteiger partial charge in [0, 0.05) is 50.2 Å². The normalized spacial score (nSPS) is 18.7. The first-order chi connectivity index (χ1) is 11.3. The number of nitrogens with zero attached hydrogens (tertiary/aromatic N) is 5. The number of nitriles is 1. The highest BCUT2D eigenvalue weighted by Gasteiger charge is 2.31. The highest BCUT2D eigenvalue weighted by molar-refractivity contribution is 5.63. The molecule has 4 rings (SSSR count). The van der Waals surface area contributed by atoms with Crippen molar-refractivity contribution in [3.8, 4) is 17.2 Å². The molecule has 2 aromatic rings. The molecule has 5 heteroatoms. The summed E-state index contributed by atoms with van der Waals surface area (Å²) in [5, 5.41) is 8.85. The molecule has 2 heterocycles. The van der Waals surface area contributed by atoms with Crippen molar-refractivity contribution in [2.24, 2.45) is 0 Å². The molecule has 0 atom stereocenters. The third kappa shape index (κ3) is 3.03. The Labute approximate surface area is 136 Å². The molecular weight excluding hydrogens is 286 g/mol. The van der Waals surface area contributed by atoms with Crippen molar-refractivity contribution in [3.63, 3.8) is 0 Å². The number of anilines is 1. The van der Waals surface area contributed by atoms with E-state index in [2.05, 4.69) is 25.8 Å². The largest absolute Gasteiger partial charge is 0.338 e. The van der Waals surface area contributed by atoms with Crippen LogP contribution in [0, 0.1) is 11.3 Å². The van der Waals surface area contributed by atoms with Crippen molar-refractivity contribution in [1.29, 1.82) is 5.26 Å². The summed E-state index contributed by atoms with van der Waals surface area (Å²) in [5.74, 6) is 0.817. The number of piperazine rings is 1. The van der Waals surface area contributed by atoms with Crippen molar-refractivity contribution in [2.75, 3.05) is 31.1 Å². The van der Waals surface area contributed by atoms with Crippen molar-refractivity contribution < 1.29 is 0 Å². The fourth-order valence-electron chi connectivity index (χ4n) is 3.10. The highest BCUT2D eigenvalue weighted by atomic mass is 15.3. The molecule has 2 fully saturated rings. The lowest BCUT2D eigenvalue weighted by Gasteiger charge is -2.34. The zero-order chi connectivity index (χ0) is 15.6. The Morgan fingerprint density at radius 2 is 1.57 bits per heavy atom. The van der Waals surface area contributed by atoms with Gasteiger partial charge < -0.3 is 4.90 Å². The molecule has 23 heavy (non-hydrogen) atoms. The minimum absolute atomic E-state index is 0.667. The third-order valence-electron chi connectivity index (χ3n) is 4.65. The van der Waals surface area contributed by atoms with E-state index in [-0.39, 0.29) is 0 Å². The molecule has 0 radical (unpaired) electrons. The number of hydrogen-bond donors (Lipinski definition) is 0. The average molecular weight is 305 g/mol. The molecular formula is C18H19N5. The van der Waals surface area contributed by atoms with Gasteiger partial charge in [-0.3, -0.25) is 4.90 Å². The van der Waals surface area contributed by atoms with Crippen LogP contribution in [-0.2, 0) is 0 Å². The molecule has 1 aromatic heterocycles. The third-order valence-corrected chi connectivity index (χ3v) is 4.65. The zero-order valence-corrected chi connectivity index (χ0v) is 13.0. The quantitative estimate of drug-likeness (QED) is 0.871. The van der Waals surface area contributed by atoms with Gasteiger partial charge in [0.2, 0.25) is 5.95 Å². The Morgan fingerprint density at radius 1 is 0.913 bits per heavy atom. The second-order valence-electron chi connectivity index (χ2n) is 6.22. The van der Waals surface area contributed by atoms with Crippen LogP contribution in [0.5, 0.6) is 0 Å². The fourth-order valence-corrected chi connectivity index (χ4v) is 3.10. The lowest BCUT2D eigenvalue weighted by atomic mass is 10.1. The van der Waals surface area contributed by atoms with Gasteiger partial charge in [-0.2, -0.15) is 5.26 Å². The number of hydrogen-bond acceptors (Lipinski definition) is 5. The molecule has 0 spiro atoms. The van der Waals surface area contributed by atoms with E-state index in [1.165, 1.54) is 12.8 Å². The van der Waals surface area contributed by atoms with Crippen LogP contribution in [0.4, 0.5) is 5.95 Å². The van der Waals surface area contributed by atoms with Crippen molar-refractivity contribution in [3.05, 3.63) is 42.2 Å². The first-order valence-corrected chi connectivity index (χ1v) is 8.15. The summed E-state index contributed by atoms with van der Waals surface area (Å²) in [6.45, 7) is 4.25. The molecule has 1 aliphatic carbocycles. The molecule has 0 bridgehead atoms. The summed E-state index contributed by atoms with van der Waals surface area (Å²) in [4.78, 5) is 13.9. The lowest BCUT2D eigenvalue weighted by Crippen LogP contribution is -2.47. The Hall–Kier alpha value is -2.45. The predicted molar refractivity (Wildman–Crippen MR) is 89.0 cm³/mol. The Bertz CT molecular complexity index is 705. The number of aromatic nitrogens is 2. The van der Waals surface area contributed by atoms with Crippen LogP contribution in [0.1, 0.15) is 18.4 Å². The second-order valence-corrected chi connectivity index (χ2v) is 6.22. The summed E-state index contributed by atoms with van der Waals surface area (Å²) in [7, 11) is 0. The van der Waals surface area contributed by atoms with Crippen LogP contribution < -0.4 is 4.90 Å². The van der Waals surface area contributed by atoms with Gasteiger partial charge in [0.05, 0.1) is 11.6 Å². The predicted octanol–water partition coefficient (Wildman–Crippen LogP) is 2.30. The van der Waals surface area contributed by atoms with E-state index in [0.29, 0.717) is 5.56 Å². The summed E-state index contributed by atoms with van der Waals surface area (Å²) in [6.07, 6.45) is 6.49. The van der Waals surface area contributed by atoms with E-state index < -0.39 is 0 Å². The SMILES string of the molecule is N#Cc1ccc(-c2cnc(N3CCN(C4CC4)CC3)nc2)cc1. The molecule has 1 saturated heterocycles. The van der Waals surface area contributed by atoms with Crippen molar-refractivity contribution in [2.45, 2.75) is 18.9 Å². The zero-order valence-electron chi connectivity index (χ0n) is 13.0. The lowest BCUT2D eigenvalue weighted by molar-refractivity contribution is 0.247. The fraction of sp³-hybridized carbons (Fsp3) is 0.389. The minimum atomic E-state index is 0.667. The maximum atomic E-state index is 8.85. The van der Waals surface area contributed by atoms with Crippen LogP contribution in [0.25, 0.3) is 11.1 Å². The van der Waals surface area contributed by atoms with Crippen LogP contribution in [0.15, 0.2) is 36.7 Å². The minimum Gasteiger partial charge on any atom is -0.338 e. The van der Waals surface area contributed by atoms with Gasteiger partial charge in [0.15, 0.2) is 0 Å². The van der Waals surface area contributed by atoms with Gasteiger partial charge in [-0.1, -0.05) is 12.1 Å². The van der Waals surface area contributed by atoms with E-state index in [1.54, 1.807) is 0 Å². The summed E-state index contributed by atoms with van der Waals surface area (Å²) < 4.78 is 0. The molecule has 2 aliphatic rings. The Morgan fingerprint density at radius 3 is 2.13 bits per heavy atom. The van der Waals surface area contributed by atoms with E-state index in [4.69, 9.17) is 5.26 Å². The van der Waals surface area contributed by atoms with Crippen LogP contribution in [0.3, 0.4) is 0 Å². The number of benzene rings is 1. The van der Waals surface area contributed by atoms with E-state index in [1.807, 2.05) is 36.7 Å². The molecule has 116 valence electrons. The van der Waals surface area contributed by atoms with Crippen LogP contribution >= 0.6 is 0 Å².